The van der Waals surface area contributed by atoms with Crippen LogP contribution in [0.25, 0.3) is 10.9 Å². The first-order valence-electron chi connectivity index (χ1n) is 5.90. The molecule has 1 heterocycles. The van der Waals surface area contributed by atoms with Gasteiger partial charge in [-0.05, 0) is 30.7 Å². The number of fused-ring (bicyclic) bond motifs is 1. The quantitative estimate of drug-likeness (QED) is 0.824. The minimum atomic E-state index is -0.479. The van der Waals surface area contributed by atoms with Crippen molar-refractivity contribution in [2.45, 2.75) is 13.0 Å². The summed E-state index contributed by atoms with van der Waals surface area (Å²) in [4.78, 5) is 4.31. The van der Waals surface area contributed by atoms with Crippen molar-refractivity contribution in [3.8, 4) is 5.75 Å². The Morgan fingerprint density at radius 1 is 1.28 bits per heavy atom. The lowest BCUT2D eigenvalue weighted by molar-refractivity contribution is 0.146. The number of benzene rings is 1. The summed E-state index contributed by atoms with van der Waals surface area (Å²) in [6.07, 6.45) is 1.22. The summed E-state index contributed by atoms with van der Waals surface area (Å²) < 4.78 is 10.4. The first-order valence-corrected chi connectivity index (χ1v) is 5.90. The number of pyridine rings is 1. The predicted molar refractivity (Wildman–Crippen MR) is 69.7 cm³/mol. The Kier molecular flexibility index (Phi) is 4.12. The summed E-state index contributed by atoms with van der Waals surface area (Å²) in [6, 6.07) is 7.63. The Morgan fingerprint density at radius 2 is 2.11 bits per heavy atom. The van der Waals surface area contributed by atoms with E-state index in [1.54, 1.807) is 20.2 Å². The van der Waals surface area contributed by atoms with Gasteiger partial charge in [-0.3, -0.25) is 4.98 Å². The van der Waals surface area contributed by atoms with Crippen molar-refractivity contribution in [1.29, 1.82) is 0 Å². The summed E-state index contributed by atoms with van der Waals surface area (Å²) in [5.41, 5.74) is 1.76. The van der Waals surface area contributed by atoms with E-state index in [1.807, 2.05) is 24.3 Å². The fourth-order valence-electron chi connectivity index (χ4n) is 1.71. The maximum Gasteiger partial charge on any atom is 0.138 e. The standard InChI is InChI=1S/C14H17NO3/c1-10(16)11-3-4-14-12(7-11)8-13(9-15-14)18-6-5-17-2/h3-4,7-10,16H,5-6H2,1-2H3/t10-/m0/s1. The number of aliphatic hydroxyl groups is 1. The largest absolute Gasteiger partial charge is 0.490 e. The molecule has 1 atom stereocenters. The highest BCUT2D eigenvalue weighted by atomic mass is 16.5. The first kappa shape index (κ1) is 12.8. The lowest BCUT2D eigenvalue weighted by Gasteiger charge is -2.08. The molecule has 2 aromatic rings. The average Bonchev–Trinajstić information content (AvgIpc) is 2.38. The second-order valence-electron chi connectivity index (χ2n) is 4.14. The van der Waals surface area contributed by atoms with Crippen LogP contribution in [0.4, 0.5) is 0 Å². The lowest BCUT2D eigenvalue weighted by atomic mass is 10.1. The number of nitrogens with zero attached hydrogens (tertiary/aromatic N) is 1. The molecule has 0 bridgehead atoms. The van der Waals surface area contributed by atoms with E-state index in [2.05, 4.69) is 4.98 Å². The zero-order valence-corrected chi connectivity index (χ0v) is 10.6. The number of hydrogen-bond donors (Lipinski definition) is 1. The molecular weight excluding hydrogens is 230 g/mol. The number of hydrogen-bond acceptors (Lipinski definition) is 4. The molecule has 18 heavy (non-hydrogen) atoms. The lowest BCUT2D eigenvalue weighted by Crippen LogP contribution is -2.04. The molecular formula is C14H17NO3. The second kappa shape index (κ2) is 5.80. The monoisotopic (exact) mass is 247 g/mol. The van der Waals surface area contributed by atoms with Gasteiger partial charge in [0.1, 0.15) is 12.4 Å². The molecule has 4 heteroatoms. The molecule has 0 aliphatic rings. The van der Waals surface area contributed by atoms with Gasteiger partial charge in [0.05, 0.1) is 24.4 Å². The molecule has 0 radical (unpaired) electrons. The number of aromatic nitrogens is 1. The molecule has 0 unspecified atom stereocenters. The van der Waals surface area contributed by atoms with Crippen molar-refractivity contribution >= 4 is 10.9 Å². The molecule has 0 spiro atoms. The summed E-state index contributed by atoms with van der Waals surface area (Å²) in [5.74, 6) is 0.710. The van der Waals surface area contributed by atoms with Crippen LogP contribution in [0.15, 0.2) is 30.5 Å². The minimum Gasteiger partial charge on any atom is -0.490 e. The Bertz CT molecular complexity index is 525. The van der Waals surface area contributed by atoms with Crippen molar-refractivity contribution in [3.05, 3.63) is 36.0 Å². The van der Waals surface area contributed by atoms with Crippen LogP contribution in [0.5, 0.6) is 5.75 Å². The van der Waals surface area contributed by atoms with Crippen molar-refractivity contribution in [2.24, 2.45) is 0 Å². The number of methoxy groups -OCH3 is 1. The van der Waals surface area contributed by atoms with Crippen molar-refractivity contribution in [1.82, 2.24) is 4.98 Å². The van der Waals surface area contributed by atoms with Gasteiger partial charge in [-0.15, -0.1) is 0 Å². The van der Waals surface area contributed by atoms with Crippen LogP contribution < -0.4 is 4.74 Å². The van der Waals surface area contributed by atoms with Gasteiger partial charge in [0.15, 0.2) is 0 Å². The van der Waals surface area contributed by atoms with Gasteiger partial charge in [0, 0.05) is 12.5 Å². The highest BCUT2D eigenvalue weighted by Gasteiger charge is 2.04. The van der Waals surface area contributed by atoms with E-state index in [0.717, 1.165) is 16.5 Å². The molecule has 96 valence electrons. The van der Waals surface area contributed by atoms with Crippen molar-refractivity contribution in [3.63, 3.8) is 0 Å². The van der Waals surface area contributed by atoms with E-state index in [9.17, 15) is 5.11 Å². The fraction of sp³-hybridized carbons (Fsp3) is 0.357. The van der Waals surface area contributed by atoms with Gasteiger partial charge in [-0.25, -0.2) is 0 Å². The van der Waals surface area contributed by atoms with Gasteiger partial charge in [-0.1, -0.05) is 6.07 Å². The molecule has 0 aliphatic carbocycles. The highest BCUT2D eigenvalue weighted by Crippen LogP contribution is 2.22. The maximum atomic E-state index is 9.56. The molecule has 2 rings (SSSR count). The average molecular weight is 247 g/mol. The third kappa shape index (κ3) is 2.97. The highest BCUT2D eigenvalue weighted by molar-refractivity contribution is 5.80. The molecule has 0 saturated carbocycles. The zero-order chi connectivity index (χ0) is 13.0. The molecule has 0 amide bonds. The van der Waals surface area contributed by atoms with E-state index >= 15 is 0 Å². The van der Waals surface area contributed by atoms with E-state index < -0.39 is 6.10 Å². The Morgan fingerprint density at radius 3 is 2.83 bits per heavy atom. The zero-order valence-electron chi connectivity index (χ0n) is 10.6. The van der Waals surface area contributed by atoms with Crippen LogP contribution in [0, 0.1) is 0 Å². The van der Waals surface area contributed by atoms with E-state index in [4.69, 9.17) is 9.47 Å². The number of rotatable bonds is 5. The second-order valence-corrected chi connectivity index (χ2v) is 4.14. The summed E-state index contributed by atoms with van der Waals surface area (Å²) in [7, 11) is 1.64. The van der Waals surface area contributed by atoms with Crippen LogP contribution in [-0.4, -0.2) is 30.4 Å². The van der Waals surface area contributed by atoms with E-state index in [1.165, 1.54) is 0 Å². The molecule has 1 N–H and O–H groups in total. The molecule has 0 fully saturated rings. The van der Waals surface area contributed by atoms with Crippen LogP contribution >= 0.6 is 0 Å². The minimum absolute atomic E-state index is 0.479. The fourth-order valence-corrected chi connectivity index (χ4v) is 1.71. The van der Waals surface area contributed by atoms with Gasteiger partial charge in [0.25, 0.3) is 0 Å². The topological polar surface area (TPSA) is 51.6 Å². The molecule has 1 aromatic carbocycles. The van der Waals surface area contributed by atoms with E-state index in [0.29, 0.717) is 19.0 Å². The third-order valence-corrected chi connectivity index (χ3v) is 2.72. The predicted octanol–water partition coefficient (Wildman–Crippen LogP) is 2.31. The van der Waals surface area contributed by atoms with Gasteiger partial charge < -0.3 is 14.6 Å². The van der Waals surface area contributed by atoms with Crippen LogP contribution in [0.2, 0.25) is 0 Å². The molecule has 1 aromatic heterocycles. The van der Waals surface area contributed by atoms with Crippen molar-refractivity contribution in [2.75, 3.05) is 20.3 Å². The van der Waals surface area contributed by atoms with Crippen molar-refractivity contribution < 1.29 is 14.6 Å². The SMILES string of the molecule is COCCOc1cnc2ccc([C@H](C)O)cc2c1. The smallest absolute Gasteiger partial charge is 0.138 e. The van der Waals surface area contributed by atoms with Gasteiger partial charge >= 0.3 is 0 Å². The molecule has 0 aliphatic heterocycles. The normalized spacial score (nSPS) is 12.6. The first-order chi connectivity index (χ1) is 8.70. The Hall–Kier alpha value is -1.65. The van der Waals surface area contributed by atoms with Crippen LogP contribution in [-0.2, 0) is 4.74 Å². The summed E-state index contributed by atoms with van der Waals surface area (Å²) >= 11 is 0. The van der Waals surface area contributed by atoms with E-state index in [-0.39, 0.29) is 0 Å². The summed E-state index contributed by atoms with van der Waals surface area (Å²) in [5, 5.41) is 10.5. The maximum absolute atomic E-state index is 9.56. The van der Waals surface area contributed by atoms with Gasteiger partial charge in [-0.2, -0.15) is 0 Å². The van der Waals surface area contributed by atoms with Gasteiger partial charge in [0.2, 0.25) is 0 Å². The molecule has 0 saturated heterocycles. The number of ether oxygens (including phenoxy) is 2. The van der Waals surface area contributed by atoms with Crippen LogP contribution in [0.3, 0.4) is 0 Å². The third-order valence-electron chi connectivity index (χ3n) is 2.72. The Labute approximate surface area is 106 Å². The van der Waals surface area contributed by atoms with Crippen LogP contribution in [0.1, 0.15) is 18.6 Å². The number of aliphatic hydroxyl groups excluding tert-OH is 1. The Balaban J connectivity index is 2.25. The molecule has 4 nitrogen and oxygen atoms in total. The summed E-state index contributed by atoms with van der Waals surface area (Å²) in [6.45, 7) is 2.79.